The molecule has 9 nitrogen and oxygen atoms in total. The van der Waals surface area contributed by atoms with Crippen LogP contribution in [0.25, 0.3) is 0 Å². The molecule has 0 saturated heterocycles. The number of phosphoric acid groups is 1. The summed E-state index contributed by atoms with van der Waals surface area (Å²) in [4.78, 5) is 38.1. The Bertz CT molecular complexity index is 2490. The van der Waals surface area contributed by atoms with E-state index in [1.54, 1.807) is 0 Å². The van der Waals surface area contributed by atoms with Crippen molar-refractivity contribution in [2.45, 2.75) is 225 Å². The van der Waals surface area contributed by atoms with Gasteiger partial charge in [-0.2, -0.15) is 0 Å². The quantitative estimate of drug-likeness (QED) is 0.0195. The molecule has 0 radical (unpaired) electrons. The third-order valence-corrected chi connectivity index (χ3v) is 14.8. The molecule has 0 aliphatic heterocycles. The molecular weight excluding hydrogens is 1180 g/mol. The number of ether oxygens (including phenoxy) is 2. The zero-order valence-electron chi connectivity index (χ0n) is 59.3. The first kappa shape index (κ1) is 87.8. The Kier molecular flexibility index (Phi) is 66.4. The Labute approximate surface area is 574 Å². The smallest absolute Gasteiger partial charge is 0.306 e. The number of hydrogen-bond donors (Lipinski definition) is 0. The van der Waals surface area contributed by atoms with Gasteiger partial charge in [0.05, 0.1) is 27.7 Å². The van der Waals surface area contributed by atoms with Crippen molar-refractivity contribution < 1.29 is 42.1 Å². The highest BCUT2D eigenvalue weighted by Gasteiger charge is 2.22. The fraction of sp³-hybridized carbons (Fsp3) is 0.500. The lowest BCUT2D eigenvalue weighted by molar-refractivity contribution is -0.870. The largest absolute Gasteiger partial charge is 0.756 e. The number of allylic oxidation sites excluding steroid dienone is 40. The van der Waals surface area contributed by atoms with E-state index in [0.29, 0.717) is 23.9 Å². The van der Waals surface area contributed by atoms with Crippen molar-refractivity contribution >= 4 is 19.8 Å². The molecule has 522 valence electrons. The van der Waals surface area contributed by atoms with Gasteiger partial charge in [-0.25, -0.2) is 0 Å². The molecule has 0 heterocycles. The highest BCUT2D eigenvalue weighted by molar-refractivity contribution is 7.45. The number of esters is 2. The maximum absolute atomic E-state index is 12.9. The van der Waals surface area contributed by atoms with Gasteiger partial charge in [0.1, 0.15) is 19.8 Å². The molecule has 0 amide bonds. The molecule has 0 bridgehead atoms. The van der Waals surface area contributed by atoms with Gasteiger partial charge in [-0.1, -0.05) is 283 Å². The number of unbranched alkanes of at least 4 members (excludes halogenated alkanes) is 8. The predicted octanol–water partition coefficient (Wildman–Crippen LogP) is 23.3. The molecule has 0 saturated carbocycles. The average Bonchev–Trinajstić information content (AvgIpc) is 1.57. The standard InChI is InChI=1S/C84H128NO8P/c1-6-8-10-12-14-16-18-20-22-24-26-28-30-32-34-36-37-38-39-40-41-42-43-44-45-46-47-49-51-53-55-57-59-61-63-65-67-69-71-73-75-77-84(87)93-82(81-92-94(88,89)91-79-78-85(3,4)5)80-90-83(86)76-74-72-70-68-66-64-62-60-58-56-54-52-50-48-35-33-31-29-27-25-23-21-19-17-15-13-11-9-7-2/h8-11,14-17,20-23,26-29,32-35,37-38,40-41,43-44,46-47,50-53,56-59,62-65,82H,6-7,12-13,18-19,24-25,30-31,36,39,42,45,48-49,54-55,60-61,66-81H2,1-5H3/b10-8-,11-9-,16-14-,17-15-,22-20-,23-21-,28-26-,29-27-,34-32-,35-33-,38-37-,41-40-,44-43-,47-46-,52-50-,53-51-,58-56-,59-57-,64-62-,65-63-. The third-order valence-electron chi connectivity index (χ3n) is 13.9. The van der Waals surface area contributed by atoms with Crippen molar-refractivity contribution in [2.75, 3.05) is 47.5 Å². The molecule has 0 fully saturated rings. The minimum atomic E-state index is -4.68. The first-order chi connectivity index (χ1) is 46.0. The van der Waals surface area contributed by atoms with E-state index >= 15 is 0 Å². The third kappa shape index (κ3) is 74.8. The first-order valence-electron chi connectivity index (χ1n) is 35.7. The lowest BCUT2D eigenvalue weighted by Crippen LogP contribution is -2.37. The molecule has 0 aromatic rings. The van der Waals surface area contributed by atoms with E-state index in [0.717, 1.165) is 180 Å². The van der Waals surface area contributed by atoms with Crippen LogP contribution in [0.1, 0.15) is 219 Å². The number of hydrogen-bond acceptors (Lipinski definition) is 8. The van der Waals surface area contributed by atoms with Crippen LogP contribution in [-0.4, -0.2) is 70.0 Å². The minimum Gasteiger partial charge on any atom is -0.756 e. The number of phosphoric ester groups is 1. The Morgan fingerprint density at radius 2 is 0.574 bits per heavy atom. The van der Waals surface area contributed by atoms with Gasteiger partial charge < -0.3 is 27.9 Å². The van der Waals surface area contributed by atoms with Crippen molar-refractivity contribution in [1.82, 2.24) is 0 Å². The van der Waals surface area contributed by atoms with E-state index in [1.165, 1.54) is 0 Å². The van der Waals surface area contributed by atoms with Crippen molar-refractivity contribution in [3.63, 3.8) is 0 Å². The summed E-state index contributed by atoms with van der Waals surface area (Å²) in [6, 6.07) is 0. The lowest BCUT2D eigenvalue weighted by atomic mass is 10.1. The van der Waals surface area contributed by atoms with Gasteiger partial charge in [-0.15, -0.1) is 0 Å². The second-order valence-electron chi connectivity index (χ2n) is 23.8. The van der Waals surface area contributed by atoms with Crippen LogP contribution in [0.5, 0.6) is 0 Å². The molecule has 0 aromatic heterocycles. The van der Waals surface area contributed by atoms with E-state index in [2.05, 4.69) is 257 Å². The predicted molar refractivity (Wildman–Crippen MR) is 405 cm³/mol. The molecule has 0 aromatic carbocycles. The zero-order chi connectivity index (χ0) is 68.3. The van der Waals surface area contributed by atoms with E-state index in [-0.39, 0.29) is 26.1 Å². The summed E-state index contributed by atoms with van der Waals surface area (Å²) < 4.78 is 34.2. The summed E-state index contributed by atoms with van der Waals surface area (Å²) in [6.45, 7) is 3.91. The number of nitrogens with zero attached hydrogens (tertiary/aromatic N) is 1. The van der Waals surface area contributed by atoms with Crippen LogP contribution in [0.15, 0.2) is 243 Å². The highest BCUT2D eigenvalue weighted by atomic mass is 31.2. The Morgan fingerprint density at radius 3 is 0.840 bits per heavy atom. The molecule has 0 rings (SSSR count). The van der Waals surface area contributed by atoms with Crippen LogP contribution in [0.2, 0.25) is 0 Å². The molecular formula is C84H128NO8P. The monoisotopic (exact) mass is 1310 g/mol. The van der Waals surface area contributed by atoms with E-state index in [1.807, 2.05) is 21.1 Å². The summed E-state index contributed by atoms with van der Waals surface area (Å²) in [5.74, 6) is -0.914. The van der Waals surface area contributed by atoms with Gasteiger partial charge in [0, 0.05) is 12.8 Å². The minimum absolute atomic E-state index is 0.0553. The van der Waals surface area contributed by atoms with Gasteiger partial charge in [0.2, 0.25) is 0 Å². The zero-order valence-corrected chi connectivity index (χ0v) is 60.2. The second kappa shape index (κ2) is 71.1. The molecule has 2 unspecified atom stereocenters. The van der Waals surface area contributed by atoms with Crippen LogP contribution in [-0.2, 0) is 32.7 Å². The summed E-state index contributed by atoms with van der Waals surface area (Å²) in [5.41, 5.74) is 0. The molecule has 0 aliphatic carbocycles. The molecule has 10 heteroatoms. The van der Waals surface area contributed by atoms with Crippen LogP contribution in [0.3, 0.4) is 0 Å². The SMILES string of the molecule is CC/C=C\C/C=C\C/C=C\C/C=C\C/C=C\C/C=C\C/C=C\C/C=C\C/C=C\C/C=C\C/C=C\C/C=C\CCCCCCC(=O)OC(COC(=O)CCCCCC/C=C\C/C=C\C/C=C\C/C=C\C/C=C\C/C=C\C/C=C\C/C=C\CC)COP(=O)([O-])OCC[N+](C)(C)C. The number of likely N-dealkylation sites (N-methyl/N-ethyl adjacent to an activating group) is 1. The van der Waals surface area contributed by atoms with Crippen molar-refractivity contribution in [3.05, 3.63) is 243 Å². The lowest BCUT2D eigenvalue weighted by Gasteiger charge is -2.28. The van der Waals surface area contributed by atoms with Gasteiger partial charge in [-0.05, 0) is 167 Å². The van der Waals surface area contributed by atoms with E-state index in [4.69, 9.17) is 18.5 Å². The van der Waals surface area contributed by atoms with E-state index in [9.17, 15) is 19.0 Å². The van der Waals surface area contributed by atoms with Crippen molar-refractivity contribution in [2.24, 2.45) is 0 Å². The number of carbonyl (C=O) groups excluding carboxylic acids is 2. The average molecular weight is 1310 g/mol. The Morgan fingerprint density at radius 1 is 0.330 bits per heavy atom. The Balaban J connectivity index is 4.26. The van der Waals surface area contributed by atoms with Crippen LogP contribution in [0, 0.1) is 0 Å². The van der Waals surface area contributed by atoms with Crippen molar-refractivity contribution in [1.29, 1.82) is 0 Å². The summed E-state index contributed by atoms with van der Waals surface area (Å²) in [6.07, 6.45) is 117. The number of rotatable bonds is 62. The maximum atomic E-state index is 12.9. The topological polar surface area (TPSA) is 111 Å². The number of quaternary nitrogens is 1. The van der Waals surface area contributed by atoms with Gasteiger partial charge in [-0.3, -0.25) is 14.2 Å². The molecule has 0 N–H and O–H groups in total. The molecule has 0 spiro atoms. The van der Waals surface area contributed by atoms with Crippen LogP contribution in [0.4, 0.5) is 0 Å². The number of carbonyl (C=O) groups is 2. The Hall–Kier alpha value is -6.19. The highest BCUT2D eigenvalue weighted by Crippen LogP contribution is 2.38. The summed E-state index contributed by atoms with van der Waals surface area (Å²) >= 11 is 0. The van der Waals surface area contributed by atoms with E-state index < -0.39 is 32.5 Å². The first-order valence-corrected chi connectivity index (χ1v) is 37.2. The maximum Gasteiger partial charge on any atom is 0.306 e. The fourth-order valence-corrected chi connectivity index (χ4v) is 9.20. The van der Waals surface area contributed by atoms with Crippen LogP contribution >= 0.6 is 7.82 Å². The van der Waals surface area contributed by atoms with Gasteiger partial charge in [0.15, 0.2) is 6.10 Å². The van der Waals surface area contributed by atoms with Crippen LogP contribution < -0.4 is 4.89 Å². The summed E-state index contributed by atoms with van der Waals surface area (Å²) in [7, 11) is 1.09. The fourth-order valence-electron chi connectivity index (χ4n) is 8.47. The molecule has 94 heavy (non-hydrogen) atoms. The van der Waals surface area contributed by atoms with Gasteiger partial charge >= 0.3 is 11.9 Å². The molecule has 2 atom stereocenters. The van der Waals surface area contributed by atoms with Gasteiger partial charge in [0.25, 0.3) is 7.82 Å². The normalized spacial score (nSPS) is 14.6. The van der Waals surface area contributed by atoms with Crippen molar-refractivity contribution in [3.8, 4) is 0 Å². The molecule has 0 aliphatic rings. The second-order valence-corrected chi connectivity index (χ2v) is 25.2. The summed E-state index contributed by atoms with van der Waals surface area (Å²) in [5, 5.41) is 0.